The van der Waals surface area contributed by atoms with Crippen LogP contribution >= 0.6 is 0 Å². The van der Waals surface area contributed by atoms with Crippen molar-refractivity contribution in [3.05, 3.63) is 35.4 Å². The molecule has 2 fully saturated rings. The van der Waals surface area contributed by atoms with E-state index in [4.69, 9.17) is 0 Å². The number of hydrogen-bond donors (Lipinski definition) is 1. The lowest BCUT2D eigenvalue weighted by atomic mass is 10.1. The van der Waals surface area contributed by atoms with E-state index in [0.29, 0.717) is 0 Å². The van der Waals surface area contributed by atoms with Gasteiger partial charge >= 0.3 is 0 Å². The molecule has 0 amide bonds. The van der Waals surface area contributed by atoms with E-state index in [0.717, 1.165) is 18.4 Å². The van der Waals surface area contributed by atoms with Crippen LogP contribution in [0.5, 0.6) is 0 Å². The Labute approximate surface area is 98.3 Å². The molecule has 86 valence electrons. The number of nitrogens with one attached hydrogen (secondary N) is 1. The Bertz CT molecular complexity index is 350. The van der Waals surface area contributed by atoms with Gasteiger partial charge in [0.15, 0.2) is 0 Å². The van der Waals surface area contributed by atoms with Crippen molar-refractivity contribution in [2.24, 2.45) is 5.92 Å². The smallest absolute Gasteiger partial charge is 0.0205 e. The van der Waals surface area contributed by atoms with Gasteiger partial charge in [-0.3, -0.25) is 0 Å². The molecule has 3 rings (SSSR count). The van der Waals surface area contributed by atoms with Gasteiger partial charge < -0.3 is 5.32 Å². The fourth-order valence-electron chi connectivity index (χ4n) is 2.32. The molecular weight excluding hydrogens is 194 g/mol. The SMILES string of the molecule is c1cc(CNCCC2CC2)cc(C2CC2)c1. The van der Waals surface area contributed by atoms with Gasteiger partial charge in [0, 0.05) is 6.54 Å². The number of rotatable bonds is 6. The van der Waals surface area contributed by atoms with E-state index in [1.165, 1.54) is 44.2 Å². The van der Waals surface area contributed by atoms with Crippen molar-refractivity contribution in [3.63, 3.8) is 0 Å². The molecule has 0 bridgehead atoms. The average molecular weight is 215 g/mol. The molecule has 1 heteroatoms. The van der Waals surface area contributed by atoms with Gasteiger partial charge in [-0.25, -0.2) is 0 Å². The van der Waals surface area contributed by atoms with E-state index in [-0.39, 0.29) is 0 Å². The highest BCUT2D eigenvalue weighted by Crippen LogP contribution is 2.40. The summed E-state index contributed by atoms with van der Waals surface area (Å²) in [6.07, 6.45) is 7.12. The highest BCUT2D eigenvalue weighted by molar-refractivity contribution is 5.29. The first-order valence-corrected chi connectivity index (χ1v) is 6.71. The topological polar surface area (TPSA) is 12.0 Å². The highest BCUT2D eigenvalue weighted by atomic mass is 14.8. The average Bonchev–Trinajstić information content (AvgIpc) is 3.18. The minimum Gasteiger partial charge on any atom is -0.313 e. The van der Waals surface area contributed by atoms with E-state index < -0.39 is 0 Å². The van der Waals surface area contributed by atoms with Crippen LogP contribution in [0.2, 0.25) is 0 Å². The molecule has 0 aromatic heterocycles. The van der Waals surface area contributed by atoms with Crippen molar-refractivity contribution in [3.8, 4) is 0 Å². The molecule has 1 N–H and O–H groups in total. The minimum atomic E-state index is 0.881. The zero-order chi connectivity index (χ0) is 10.8. The summed E-state index contributed by atoms with van der Waals surface area (Å²) in [5.74, 6) is 1.93. The monoisotopic (exact) mass is 215 g/mol. The summed E-state index contributed by atoms with van der Waals surface area (Å²) < 4.78 is 0. The molecule has 2 aliphatic carbocycles. The summed E-state index contributed by atoms with van der Waals surface area (Å²) in [7, 11) is 0. The van der Waals surface area contributed by atoms with Gasteiger partial charge in [-0.2, -0.15) is 0 Å². The van der Waals surface area contributed by atoms with Crippen LogP contribution in [-0.2, 0) is 6.54 Å². The summed E-state index contributed by atoms with van der Waals surface area (Å²) in [4.78, 5) is 0. The molecule has 1 aromatic rings. The van der Waals surface area contributed by atoms with E-state index >= 15 is 0 Å². The summed E-state index contributed by atoms with van der Waals surface area (Å²) >= 11 is 0. The second-order valence-electron chi connectivity index (χ2n) is 5.43. The molecule has 1 aromatic carbocycles. The largest absolute Gasteiger partial charge is 0.313 e. The molecule has 0 spiro atoms. The molecule has 0 unspecified atom stereocenters. The van der Waals surface area contributed by atoms with E-state index in [1.54, 1.807) is 5.56 Å². The molecule has 16 heavy (non-hydrogen) atoms. The molecule has 0 heterocycles. The number of hydrogen-bond acceptors (Lipinski definition) is 1. The summed E-state index contributed by atoms with van der Waals surface area (Å²) in [6, 6.07) is 9.13. The van der Waals surface area contributed by atoms with Gasteiger partial charge in [-0.1, -0.05) is 37.1 Å². The summed E-state index contributed by atoms with van der Waals surface area (Å²) in [5.41, 5.74) is 3.02. The molecular formula is C15H21N. The van der Waals surface area contributed by atoms with Crippen LogP contribution in [0.15, 0.2) is 24.3 Å². The lowest BCUT2D eigenvalue weighted by molar-refractivity contribution is 0.612. The van der Waals surface area contributed by atoms with Crippen LogP contribution < -0.4 is 5.32 Å². The first-order valence-electron chi connectivity index (χ1n) is 6.71. The minimum absolute atomic E-state index is 0.881. The van der Waals surface area contributed by atoms with Crippen molar-refractivity contribution in [2.75, 3.05) is 6.54 Å². The molecule has 2 aliphatic rings. The third-order valence-electron chi connectivity index (χ3n) is 3.76. The van der Waals surface area contributed by atoms with Gasteiger partial charge in [0.2, 0.25) is 0 Å². The van der Waals surface area contributed by atoms with Gasteiger partial charge in [-0.15, -0.1) is 0 Å². The van der Waals surface area contributed by atoms with Crippen molar-refractivity contribution >= 4 is 0 Å². The van der Waals surface area contributed by atoms with Crippen LogP contribution in [-0.4, -0.2) is 6.54 Å². The molecule has 2 saturated carbocycles. The first kappa shape index (κ1) is 10.3. The molecule has 0 aliphatic heterocycles. The maximum atomic E-state index is 3.56. The summed E-state index contributed by atoms with van der Waals surface area (Å²) in [6.45, 7) is 2.24. The highest BCUT2D eigenvalue weighted by Gasteiger charge is 2.23. The normalized spacial score (nSPS) is 20.0. The van der Waals surface area contributed by atoms with E-state index in [2.05, 4.69) is 29.6 Å². The third-order valence-corrected chi connectivity index (χ3v) is 3.76. The fourth-order valence-corrected chi connectivity index (χ4v) is 2.32. The van der Waals surface area contributed by atoms with Crippen molar-refractivity contribution < 1.29 is 0 Å². The van der Waals surface area contributed by atoms with Gasteiger partial charge in [0.25, 0.3) is 0 Å². The Kier molecular flexibility index (Phi) is 2.96. The zero-order valence-electron chi connectivity index (χ0n) is 9.91. The zero-order valence-corrected chi connectivity index (χ0v) is 9.91. The van der Waals surface area contributed by atoms with Crippen LogP contribution in [0, 0.1) is 5.92 Å². The first-order chi connectivity index (χ1) is 7.92. The van der Waals surface area contributed by atoms with Crippen molar-refractivity contribution in [1.82, 2.24) is 5.32 Å². The third kappa shape index (κ3) is 2.85. The van der Waals surface area contributed by atoms with Gasteiger partial charge in [0.1, 0.15) is 0 Å². The predicted octanol–water partition coefficient (Wildman–Crippen LogP) is 3.45. The van der Waals surface area contributed by atoms with E-state index in [9.17, 15) is 0 Å². The number of benzene rings is 1. The predicted molar refractivity (Wildman–Crippen MR) is 67.5 cm³/mol. The Hall–Kier alpha value is -0.820. The Morgan fingerprint density at radius 1 is 1.12 bits per heavy atom. The molecule has 0 radical (unpaired) electrons. The maximum Gasteiger partial charge on any atom is 0.0205 e. The van der Waals surface area contributed by atoms with Crippen LogP contribution in [0.3, 0.4) is 0 Å². The van der Waals surface area contributed by atoms with E-state index in [1.807, 2.05) is 0 Å². The van der Waals surface area contributed by atoms with Gasteiger partial charge in [0.05, 0.1) is 0 Å². The summed E-state index contributed by atoms with van der Waals surface area (Å²) in [5, 5.41) is 3.56. The fraction of sp³-hybridized carbons (Fsp3) is 0.600. The Morgan fingerprint density at radius 3 is 2.75 bits per heavy atom. The van der Waals surface area contributed by atoms with Crippen LogP contribution in [0.4, 0.5) is 0 Å². The molecule has 0 atom stereocenters. The molecule has 1 nitrogen and oxygen atoms in total. The standard InChI is InChI=1S/C15H21N/c1-2-13(10-15(3-1)14-6-7-14)11-16-9-8-12-4-5-12/h1-3,10,12,14,16H,4-9,11H2. The Balaban J connectivity index is 1.46. The maximum absolute atomic E-state index is 3.56. The lowest BCUT2D eigenvalue weighted by Gasteiger charge is -2.06. The second kappa shape index (κ2) is 4.58. The van der Waals surface area contributed by atoms with Crippen molar-refractivity contribution in [2.45, 2.75) is 44.6 Å². The lowest BCUT2D eigenvalue weighted by Crippen LogP contribution is -2.15. The second-order valence-corrected chi connectivity index (χ2v) is 5.43. The molecule has 0 saturated heterocycles. The quantitative estimate of drug-likeness (QED) is 0.717. The van der Waals surface area contributed by atoms with Gasteiger partial charge in [-0.05, 0) is 48.8 Å². The van der Waals surface area contributed by atoms with Crippen LogP contribution in [0.1, 0.15) is 49.1 Å². The van der Waals surface area contributed by atoms with Crippen molar-refractivity contribution in [1.29, 1.82) is 0 Å². The van der Waals surface area contributed by atoms with Crippen LogP contribution in [0.25, 0.3) is 0 Å². The Morgan fingerprint density at radius 2 is 2.00 bits per heavy atom.